The van der Waals surface area contributed by atoms with Crippen LogP contribution in [0, 0.1) is 5.82 Å². The number of urea groups is 1. The van der Waals surface area contributed by atoms with E-state index in [9.17, 15) is 9.18 Å². The SMILES string of the molecule is C[C@@H](NC(=O)Nc1cc(F)cc(N2CCOCC2)c1)c1cccnc1. The maximum atomic E-state index is 13.9. The molecule has 0 bridgehead atoms. The van der Waals surface area contributed by atoms with Gasteiger partial charge in [-0.05, 0) is 36.8 Å². The molecule has 0 spiro atoms. The van der Waals surface area contributed by atoms with Gasteiger partial charge in [0.25, 0.3) is 0 Å². The molecule has 1 fully saturated rings. The number of nitrogens with zero attached hydrogens (tertiary/aromatic N) is 2. The zero-order chi connectivity index (χ0) is 17.6. The van der Waals surface area contributed by atoms with Gasteiger partial charge >= 0.3 is 6.03 Å². The Labute approximate surface area is 146 Å². The van der Waals surface area contributed by atoms with Gasteiger partial charge in [0, 0.05) is 36.9 Å². The first kappa shape index (κ1) is 17.2. The average molecular weight is 344 g/mol. The van der Waals surface area contributed by atoms with Crippen LogP contribution in [-0.2, 0) is 4.74 Å². The molecule has 2 amide bonds. The number of morpholine rings is 1. The minimum atomic E-state index is -0.394. The fraction of sp³-hybridized carbons (Fsp3) is 0.333. The minimum Gasteiger partial charge on any atom is -0.378 e. The molecule has 1 aromatic heterocycles. The van der Waals surface area contributed by atoms with Crippen molar-refractivity contribution in [2.45, 2.75) is 13.0 Å². The molecule has 2 aromatic rings. The maximum absolute atomic E-state index is 13.9. The van der Waals surface area contributed by atoms with Crippen LogP contribution in [0.4, 0.5) is 20.6 Å². The number of pyridine rings is 1. The third kappa shape index (κ3) is 4.67. The lowest BCUT2D eigenvalue weighted by Gasteiger charge is -2.29. The summed E-state index contributed by atoms with van der Waals surface area (Å²) in [5.41, 5.74) is 2.04. The van der Waals surface area contributed by atoms with Gasteiger partial charge in [-0.15, -0.1) is 0 Å². The van der Waals surface area contributed by atoms with Gasteiger partial charge in [0.05, 0.1) is 19.3 Å². The molecule has 0 aliphatic carbocycles. The highest BCUT2D eigenvalue weighted by atomic mass is 19.1. The van der Waals surface area contributed by atoms with Crippen molar-refractivity contribution < 1.29 is 13.9 Å². The van der Waals surface area contributed by atoms with E-state index in [1.807, 2.05) is 24.0 Å². The summed E-state index contributed by atoms with van der Waals surface area (Å²) in [7, 11) is 0. The van der Waals surface area contributed by atoms with Crippen molar-refractivity contribution >= 4 is 17.4 Å². The Bertz CT molecular complexity index is 720. The van der Waals surface area contributed by atoms with Crippen molar-refractivity contribution in [1.29, 1.82) is 0 Å². The molecular weight excluding hydrogens is 323 g/mol. The summed E-state index contributed by atoms with van der Waals surface area (Å²) in [6.07, 6.45) is 3.37. The van der Waals surface area contributed by atoms with Crippen molar-refractivity contribution in [2.75, 3.05) is 36.5 Å². The first-order valence-corrected chi connectivity index (χ1v) is 8.22. The molecule has 1 saturated heterocycles. The van der Waals surface area contributed by atoms with Crippen LogP contribution in [0.25, 0.3) is 0 Å². The van der Waals surface area contributed by atoms with Crippen molar-refractivity contribution in [2.24, 2.45) is 0 Å². The van der Waals surface area contributed by atoms with Gasteiger partial charge in [0.1, 0.15) is 5.82 Å². The van der Waals surface area contributed by atoms with Crippen molar-refractivity contribution in [3.05, 3.63) is 54.1 Å². The monoisotopic (exact) mass is 344 g/mol. The summed E-state index contributed by atoms with van der Waals surface area (Å²) in [6.45, 7) is 4.49. The van der Waals surface area contributed by atoms with Crippen molar-refractivity contribution in [1.82, 2.24) is 10.3 Å². The highest BCUT2D eigenvalue weighted by Crippen LogP contribution is 2.23. The van der Waals surface area contributed by atoms with Crippen LogP contribution < -0.4 is 15.5 Å². The van der Waals surface area contributed by atoms with Gasteiger partial charge in [-0.3, -0.25) is 4.98 Å². The van der Waals surface area contributed by atoms with Crippen LogP contribution >= 0.6 is 0 Å². The molecule has 132 valence electrons. The second-order valence-corrected chi connectivity index (χ2v) is 5.90. The van der Waals surface area contributed by atoms with Gasteiger partial charge < -0.3 is 20.3 Å². The van der Waals surface area contributed by atoms with E-state index in [-0.39, 0.29) is 11.9 Å². The third-order valence-electron chi connectivity index (χ3n) is 4.05. The number of carbonyl (C=O) groups excluding carboxylic acids is 1. The molecule has 2 N–H and O–H groups in total. The van der Waals surface area contributed by atoms with Crippen LogP contribution in [0.2, 0.25) is 0 Å². The van der Waals surface area contributed by atoms with Gasteiger partial charge in [0.2, 0.25) is 0 Å². The maximum Gasteiger partial charge on any atom is 0.319 e. The summed E-state index contributed by atoms with van der Waals surface area (Å²) < 4.78 is 19.2. The van der Waals surface area contributed by atoms with Crippen molar-refractivity contribution in [3.63, 3.8) is 0 Å². The Morgan fingerprint density at radius 1 is 1.32 bits per heavy atom. The smallest absolute Gasteiger partial charge is 0.319 e. The largest absolute Gasteiger partial charge is 0.378 e. The Balaban J connectivity index is 1.65. The average Bonchev–Trinajstić information content (AvgIpc) is 2.62. The molecule has 0 saturated carbocycles. The Hall–Kier alpha value is -2.67. The fourth-order valence-corrected chi connectivity index (χ4v) is 2.73. The zero-order valence-electron chi connectivity index (χ0n) is 14.0. The molecule has 0 unspecified atom stereocenters. The number of anilines is 2. The van der Waals surface area contributed by atoms with E-state index >= 15 is 0 Å². The first-order valence-electron chi connectivity index (χ1n) is 8.22. The van der Waals surface area contributed by atoms with Crippen LogP contribution in [0.5, 0.6) is 0 Å². The van der Waals surface area contributed by atoms with Crippen molar-refractivity contribution in [3.8, 4) is 0 Å². The fourth-order valence-electron chi connectivity index (χ4n) is 2.73. The molecule has 25 heavy (non-hydrogen) atoms. The number of carbonyl (C=O) groups is 1. The lowest BCUT2D eigenvalue weighted by molar-refractivity contribution is 0.122. The van der Waals surface area contributed by atoms with E-state index in [4.69, 9.17) is 4.74 Å². The number of hydrogen-bond donors (Lipinski definition) is 2. The van der Waals surface area contributed by atoms with Gasteiger partial charge in [0.15, 0.2) is 0 Å². The minimum absolute atomic E-state index is 0.207. The quantitative estimate of drug-likeness (QED) is 0.895. The normalized spacial score (nSPS) is 15.5. The van der Waals surface area contributed by atoms with Crippen LogP contribution in [-0.4, -0.2) is 37.3 Å². The highest BCUT2D eigenvalue weighted by molar-refractivity contribution is 5.90. The van der Waals surface area contributed by atoms with E-state index in [2.05, 4.69) is 15.6 Å². The molecule has 3 rings (SSSR count). The second-order valence-electron chi connectivity index (χ2n) is 5.90. The number of halogens is 1. The van der Waals surface area contributed by atoms with E-state index in [1.54, 1.807) is 18.5 Å². The van der Waals surface area contributed by atoms with Crippen LogP contribution in [0.3, 0.4) is 0 Å². The number of benzene rings is 1. The number of ether oxygens (including phenoxy) is 1. The number of hydrogen-bond acceptors (Lipinski definition) is 4. The highest BCUT2D eigenvalue weighted by Gasteiger charge is 2.14. The van der Waals surface area contributed by atoms with Gasteiger partial charge in [-0.25, -0.2) is 9.18 Å². The predicted octanol–water partition coefficient (Wildman–Crippen LogP) is 2.94. The summed E-state index contributed by atoms with van der Waals surface area (Å²) in [5.74, 6) is -0.389. The first-order chi connectivity index (χ1) is 12.1. The molecule has 6 nitrogen and oxygen atoms in total. The van der Waals surface area contributed by atoms with Crippen LogP contribution in [0.15, 0.2) is 42.7 Å². The van der Waals surface area contributed by atoms with Gasteiger partial charge in [-0.2, -0.15) is 0 Å². The standard InChI is InChI=1S/C18H21FN4O2/c1-13(14-3-2-4-20-12-14)21-18(24)22-16-9-15(19)10-17(11-16)23-5-7-25-8-6-23/h2-4,9-13H,5-8H2,1H3,(H2,21,22,24)/t13-/m1/s1. The van der Waals surface area contributed by atoms with E-state index < -0.39 is 6.03 Å². The molecule has 2 heterocycles. The number of nitrogens with one attached hydrogen (secondary N) is 2. The zero-order valence-corrected chi connectivity index (χ0v) is 14.0. The molecular formula is C18H21FN4O2. The lowest BCUT2D eigenvalue weighted by atomic mass is 10.1. The summed E-state index contributed by atoms with van der Waals surface area (Å²) in [6, 6.07) is 7.63. The Kier molecular flexibility index (Phi) is 5.45. The molecule has 1 aromatic carbocycles. The lowest BCUT2D eigenvalue weighted by Crippen LogP contribution is -2.36. The molecule has 1 atom stereocenters. The molecule has 7 heteroatoms. The second kappa shape index (κ2) is 7.94. The number of rotatable bonds is 4. The number of aromatic nitrogens is 1. The Morgan fingerprint density at radius 2 is 2.12 bits per heavy atom. The van der Waals surface area contributed by atoms with E-state index in [0.717, 1.165) is 11.3 Å². The molecule has 1 aliphatic heterocycles. The topological polar surface area (TPSA) is 66.5 Å². The van der Waals surface area contributed by atoms with Crippen LogP contribution in [0.1, 0.15) is 18.5 Å². The third-order valence-corrected chi connectivity index (χ3v) is 4.05. The summed E-state index contributed by atoms with van der Waals surface area (Å²) in [5, 5.41) is 5.51. The Morgan fingerprint density at radius 3 is 2.84 bits per heavy atom. The summed E-state index contributed by atoms with van der Waals surface area (Å²) >= 11 is 0. The van der Waals surface area contributed by atoms with E-state index in [1.165, 1.54) is 12.1 Å². The van der Waals surface area contributed by atoms with E-state index in [0.29, 0.717) is 32.0 Å². The molecule has 0 radical (unpaired) electrons. The number of amides is 2. The predicted molar refractivity (Wildman–Crippen MR) is 94.2 cm³/mol. The van der Waals surface area contributed by atoms with Gasteiger partial charge in [-0.1, -0.05) is 6.07 Å². The summed E-state index contributed by atoms with van der Waals surface area (Å²) in [4.78, 5) is 18.3. The molecule has 1 aliphatic rings.